The molecule has 1 amide bonds. The molecule has 0 radical (unpaired) electrons. The number of methoxy groups -OCH3 is 1. The summed E-state index contributed by atoms with van der Waals surface area (Å²) in [6, 6.07) is 7.79. The Labute approximate surface area is 195 Å². The van der Waals surface area contributed by atoms with E-state index in [0.29, 0.717) is 12.5 Å². The van der Waals surface area contributed by atoms with E-state index in [-0.39, 0.29) is 5.91 Å². The molecule has 1 N–H and O–H groups in total. The van der Waals surface area contributed by atoms with Crippen molar-refractivity contribution in [2.45, 2.75) is 50.5 Å². The number of fused-ring (bicyclic) bond motifs is 2. The maximum Gasteiger partial charge on any atom is 0.240 e. The second-order valence-electron chi connectivity index (χ2n) is 10.3. The molecule has 3 heterocycles. The van der Waals surface area contributed by atoms with Gasteiger partial charge >= 0.3 is 0 Å². The topological polar surface area (TPSA) is 70.6 Å². The first kappa shape index (κ1) is 20.9. The summed E-state index contributed by atoms with van der Waals surface area (Å²) < 4.78 is 5.32. The normalized spacial score (nSPS) is 25.2. The number of rotatable bonds is 7. The van der Waals surface area contributed by atoms with Crippen LogP contribution in [0.1, 0.15) is 49.8 Å². The summed E-state index contributed by atoms with van der Waals surface area (Å²) >= 11 is 0. The number of carbonyl (C=O) groups excluding carboxylic acids is 1. The van der Waals surface area contributed by atoms with E-state index in [1.165, 1.54) is 32.1 Å². The molecule has 2 saturated carbocycles. The summed E-state index contributed by atoms with van der Waals surface area (Å²) in [5.74, 6) is 3.17. The van der Waals surface area contributed by atoms with Crippen molar-refractivity contribution in [3.05, 3.63) is 41.7 Å². The molecule has 4 aliphatic rings. The lowest BCUT2D eigenvalue weighted by Gasteiger charge is -2.40. The highest BCUT2D eigenvalue weighted by molar-refractivity contribution is 6.03. The number of nitrogens with one attached hydrogen (secondary N) is 1. The van der Waals surface area contributed by atoms with Gasteiger partial charge in [-0.05, 0) is 74.8 Å². The number of carbonyl (C=O) groups is 1. The first-order chi connectivity index (χ1) is 16.1. The number of amides is 1. The van der Waals surface area contributed by atoms with Gasteiger partial charge in [0.25, 0.3) is 0 Å². The summed E-state index contributed by atoms with van der Waals surface area (Å²) in [7, 11) is 1.66. The molecule has 1 atom stereocenters. The minimum Gasteiger partial charge on any atom is -0.497 e. The molecular weight excluding hydrogens is 414 g/mol. The van der Waals surface area contributed by atoms with Crippen molar-refractivity contribution in [3.8, 4) is 5.75 Å². The van der Waals surface area contributed by atoms with Gasteiger partial charge < -0.3 is 19.9 Å². The highest BCUT2D eigenvalue weighted by Crippen LogP contribution is 2.43. The summed E-state index contributed by atoms with van der Waals surface area (Å²) in [6.45, 7) is 4.23. The van der Waals surface area contributed by atoms with Crippen molar-refractivity contribution in [2.75, 3.05) is 43.5 Å². The molecule has 1 saturated heterocycles. The van der Waals surface area contributed by atoms with E-state index in [1.54, 1.807) is 7.11 Å². The third kappa shape index (κ3) is 3.86. The largest absolute Gasteiger partial charge is 0.497 e. The van der Waals surface area contributed by atoms with Crippen molar-refractivity contribution < 1.29 is 9.53 Å². The lowest BCUT2D eigenvalue weighted by atomic mass is 9.77. The smallest absolute Gasteiger partial charge is 0.240 e. The van der Waals surface area contributed by atoms with Crippen LogP contribution in [-0.4, -0.2) is 54.1 Å². The Morgan fingerprint density at radius 1 is 1.15 bits per heavy atom. The van der Waals surface area contributed by atoms with Gasteiger partial charge in [0.1, 0.15) is 11.2 Å². The number of hydrogen-bond donors (Lipinski definition) is 1. The van der Waals surface area contributed by atoms with E-state index >= 15 is 0 Å². The molecule has 1 aromatic carbocycles. The molecule has 2 aliphatic carbocycles. The monoisotopic (exact) mass is 447 g/mol. The van der Waals surface area contributed by atoms with Crippen LogP contribution in [0.15, 0.2) is 30.5 Å². The lowest BCUT2D eigenvalue weighted by Crippen LogP contribution is -2.53. The van der Waals surface area contributed by atoms with Gasteiger partial charge in [-0.3, -0.25) is 4.79 Å². The quantitative estimate of drug-likeness (QED) is 0.699. The Hall–Kier alpha value is -2.67. The van der Waals surface area contributed by atoms with Gasteiger partial charge in [-0.15, -0.1) is 0 Å². The van der Waals surface area contributed by atoms with Crippen LogP contribution in [-0.2, 0) is 16.8 Å². The minimum atomic E-state index is -0.601. The van der Waals surface area contributed by atoms with E-state index in [9.17, 15) is 4.79 Å². The van der Waals surface area contributed by atoms with Gasteiger partial charge in [-0.1, -0.05) is 6.42 Å². The van der Waals surface area contributed by atoms with Crippen LogP contribution in [0.3, 0.4) is 0 Å². The molecular formula is C26H33N5O2. The average Bonchev–Trinajstić information content (AvgIpc) is 3.56. The fraction of sp³-hybridized carbons (Fsp3) is 0.577. The summed E-state index contributed by atoms with van der Waals surface area (Å²) in [6.07, 6.45) is 9.32. The van der Waals surface area contributed by atoms with Crippen LogP contribution in [0, 0.1) is 11.8 Å². The number of aromatic nitrogens is 2. The van der Waals surface area contributed by atoms with Gasteiger partial charge in [0, 0.05) is 37.1 Å². The van der Waals surface area contributed by atoms with Gasteiger partial charge in [-0.25, -0.2) is 9.97 Å². The number of ether oxygens (including phenoxy) is 1. The first-order valence-corrected chi connectivity index (χ1v) is 12.4. The van der Waals surface area contributed by atoms with Crippen LogP contribution >= 0.6 is 0 Å². The lowest BCUT2D eigenvalue weighted by molar-refractivity contribution is -0.124. The van der Waals surface area contributed by atoms with E-state index in [4.69, 9.17) is 9.72 Å². The van der Waals surface area contributed by atoms with Gasteiger partial charge in [0.15, 0.2) is 0 Å². The molecule has 3 fully saturated rings. The summed E-state index contributed by atoms with van der Waals surface area (Å²) in [5.41, 5.74) is 2.31. The number of likely N-dealkylation sites (tertiary alicyclic amines) is 1. The minimum absolute atomic E-state index is 0.170. The molecule has 0 bridgehead atoms. The SMILES string of the molecule is COc1ccc(N2Cc3cnc(NCC4CC4)nc3C3(CCN(CC4CCC4)C3)C2=O)cc1. The fourth-order valence-corrected chi connectivity index (χ4v) is 5.61. The molecule has 1 spiro atoms. The maximum absolute atomic E-state index is 14.2. The molecule has 33 heavy (non-hydrogen) atoms. The second kappa shape index (κ2) is 8.28. The summed E-state index contributed by atoms with van der Waals surface area (Å²) in [5, 5.41) is 3.42. The Morgan fingerprint density at radius 2 is 1.97 bits per heavy atom. The molecule has 1 aromatic heterocycles. The van der Waals surface area contributed by atoms with Crippen LogP contribution in [0.25, 0.3) is 0 Å². The van der Waals surface area contributed by atoms with Crippen LogP contribution in [0.5, 0.6) is 5.75 Å². The highest BCUT2D eigenvalue weighted by atomic mass is 16.5. The third-order valence-corrected chi connectivity index (χ3v) is 8.02. The van der Waals surface area contributed by atoms with Crippen molar-refractivity contribution in [1.82, 2.24) is 14.9 Å². The fourth-order valence-electron chi connectivity index (χ4n) is 5.61. The number of hydrogen-bond acceptors (Lipinski definition) is 6. The second-order valence-corrected chi connectivity index (χ2v) is 10.3. The van der Waals surface area contributed by atoms with Crippen LogP contribution < -0.4 is 15.0 Å². The standard InChI is InChI=1S/C26H33N5O2/c1-33-22-9-7-21(8-10-22)31-16-20-14-28-25(27-13-18-5-6-18)29-23(20)26(24(31)32)11-12-30(17-26)15-19-3-2-4-19/h7-10,14,18-19H,2-6,11-13,15-17H2,1H3,(H,27,28,29). The third-order valence-electron chi connectivity index (χ3n) is 8.02. The predicted octanol–water partition coefficient (Wildman–Crippen LogP) is 3.60. The van der Waals surface area contributed by atoms with Crippen LogP contribution in [0.2, 0.25) is 0 Å². The molecule has 6 rings (SSSR count). The van der Waals surface area contributed by atoms with E-state index in [1.807, 2.05) is 35.4 Å². The number of nitrogens with zero attached hydrogens (tertiary/aromatic N) is 4. The summed E-state index contributed by atoms with van der Waals surface area (Å²) in [4.78, 5) is 28.2. The highest BCUT2D eigenvalue weighted by Gasteiger charge is 2.53. The number of anilines is 2. The Balaban J connectivity index is 1.34. The van der Waals surface area contributed by atoms with Gasteiger partial charge in [-0.2, -0.15) is 0 Å². The van der Waals surface area contributed by atoms with Crippen LogP contribution in [0.4, 0.5) is 11.6 Å². The van der Waals surface area contributed by atoms with E-state index in [2.05, 4.69) is 15.2 Å². The molecule has 2 aromatic rings. The molecule has 7 nitrogen and oxygen atoms in total. The zero-order valence-electron chi connectivity index (χ0n) is 19.4. The maximum atomic E-state index is 14.2. The van der Waals surface area contributed by atoms with Crippen molar-refractivity contribution >= 4 is 17.5 Å². The van der Waals surface area contributed by atoms with Gasteiger partial charge in [0.2, 0.25) is 11.9 Å². The molecule has 174 valence electrons. The molecule has 7 heteroatoms. The average molecular weight is 448 g/mol. The molecule has 1 unspecified atom stereocenters. The van der Waals surface area contributed by atoms with Crippen molar-refractivity contribution in [3.63, 3.8) is 0 Å². The Bertz CT molecular complexity index is 1030. The Kier molecular flexibility index (Phi) is 5.24. The van der Waals surface area contributed by atoms with Crippen molar-refractivity contribution in [1.29, 1.82) is 0 Å². The molecule has 2 aliphatic heterocycles. The Morgan fingerprint density at radius 3 is 2.67 bits per heavy atom. The van der Waals surface area contributed by atoms with E-state index in [0.717, 1.165) is 67.1 Å². The zero-order valence-corrected chi connectivity index (χ0v) is 19.4. The first-order valence-electron chi connectivity index (χ1n) is 12.4. The van der Waals surface area contributed by atoms with Gasteiger partial charge in [0.05, 0.1) is 19.3 Å². The number of benzene rings is 1. The van der Waals surface area contributed by atoms with E-state index < -0.39 is 5.41 Å². The van der Waals surface area contributed by atoms with Crippen molar-refractivity contribution in [2.24, 2.45) is 11.8 Å². The predicted molar refractivity (Wildman–Crippen MR) is 128 cm³/mol. The zero-order chi connectivity index (χ0) is 22.4.